The molecule has 2 aliphatic heterocycles. The number of aromatic nitrogens is 1. The molecule has 1 aliphatic carbocycles. The van der Waals surface area contributed by atoms with E-state index in [4.69, 9.17) is 15.2 Å². The number of rotatable bonds is 4. The zero-order valence-corrected chi connectivity index (χ0v) is 16.6. The Morgan fingerprint density at radius 1 is 1.43 bits per heavy atom. The summed E-state index contributed by atoms with van der Waals surface area (Å²) in [6.07, 6.45) is 3.45. The van der Waals surface area contributed by atoms with Gasteiger partial charge in [-0.3, -0.25) is 4.79 Å². The van der Waals surface area contributed by atoms with Crippen LogP contribution in [-0.4, -0.2) is 47.5 Å². The summed E-state index contributed by atoms with van der Waals surface area (Å²) in [6.45, 7) is 1.25. The molecule has 0 bridgehead atoms. The molecule has 5 rings (SSSR count). The van der Waals surface area contributed by atoms with E-state index >= 15 is 4.39 Å². The normalized spacial score (nSPS) is 28.5. The second kappa shape index (κ2) is 6.76. The minimum Gasteiger partial charge on any atom is -0.494 e. The number of hydrogen-bond donors (Lipinski definition) is 3. The summed E-state index contributed by atoms with van der Waals surface area (Å²) >= 11 is 0. The largest absolute Gasteiger partial charge is 0.494 e. The van der Waals surface area contributed by atoms with E-state index in [0.29, 0.717) is 31.4 Å². The average Bonchev–Trinajstić information content (AvgIpc) is 3.48. The van der Waals surface area contributed by atoms with Crippen LogP contribution in [0.3, 0.4) is 0 Å². The van der Waals surface area contributed by atoms with E-state index in [-0.39, 0.29) is 34.4 Å². The van der Waals surface area contributed by atoms with Crippen molar-refractivity contribution < 1.29 is 23.8 Å². The lowest BCUT2D eigenvalue weighted by Gasteiger charge is -2.39. The Morgan fingerprint density at radius 3 is 2.87 bits per heavy atom. The van der Waals surface area contributed by atoms with E-state index in [2.05, 4.69) is 5.32 Å². The maximum absolute atomic E-state index is 15.3. The molecule has 3 atom stereocenters. The Kier molecular flexibility index (Phi) is 4.39. The van der Waals surface area contributed by atoms with E-state index in [1.165, 1.54) is 13.3 Å². The molecule has 0 spiro atoms. The van der Waals surface area contributed by atoms with Crippen molar-refractivity contribution in [3.05, 3.63) is 39.4 Å². The lowest BCUT2D eigenvalue weighted by Crippen LogP contribution is -2.54. The zero-order chi connectivity index (χ0) is 21.2. The van der Waals surface area contributed by atoms with Gasteiger partial charge >= 0.3 is 5.97 Å². The van der Waals surface area contributed by atoms with Gasteiger partial charge in [0.05, 0.1) is 41.3 Å². The van der Waals surface area contributed by atoms with Gasteiger partial charge in [-0.15, -0.1) is 0 Å². The molecule has 4 N–H and O–H groups in total. The van der Waals surface area contributed by atoms with Crippen molar-refractivity contribution >= 4 is 16.9 Å². The van der Waals surface area contributed by atoms with Crippen molar-refractivity contribution in [2.24, 2.45) is 5.73 Å². The number of fused-ring (bicyclic) bond motifs is 2. The van der Waals surface area contributed by atoms with E-state index in [1.807, 2.05) is 0 Å². The smallest absolute Gasteiger partial charge is 0.341 e. The number of aromatic carboxylic acids is 1. The summed E-state index contributed by atoms with van der Waals surface area (Å²) in [6, 6.07) is 1.18. The number of ether oxygens (including phenoxy) is 2. The second-order valence-electron chi connectivity index (χ2n) is 8.53. The van der Waals surface area contributed by atoms with Crippen LogP contribution in [0.2, 0.25) is 0 Å². The molecule has 2 aromatic rings. The Morgan fingerprint density at radius 2 is 2.20 bits per heavy atom. The highest BCUT2D eigenvalue weighted by molar-refractivity contribution is 5.95. The van der Waals surface area contributed by atoms with Crippen LogP contribution in [0.5, 0.6) is 5.75 Å². The molecule has 160 valence electrons. The van der Waals surface area contributed by atoms with Gasteiger partial charge in [-0.2, -0.15) is 0 Å². The van der Waals surface area contributed by atoms with Gasteiger partial charge in [0.15, 0.2) is 5.75 Å². The molecule has 1 unspecified atom stereocenters. The van der Waals surface area contributed by atoms with E-state index in [1.54, 1.807) is 4.57 Å². The Bertz CT molecular complexity index is 1110. The fraction of sp³-hybridized carbons (Fsp3) is 0.524. The molecule has 9 heteroatoms. The highest BCUT2D eigenvalue weighted by atomic mass is 19.1. The first-order chi connectivity index (χ1) is 14.3. The van der Waals surface area contributed by atoms with Gasteiger partial charge in [0.1, 0.15) is 11.4 Å². The summed E-state index contributed by atoms with van der Waals surface area (Å²) in [7, 11) is 1.43. The fourth-order valence-corrected chi connectivity index (χ4v) is 4.83. The van der Waals surface area contributed by atoms with Crippen LogP contribution in [-0.2, 0) is 4.74 Å². The van der Waals surface area contributed by atoms with E-state index in [9.17, 15) is 14.7 Å². The molecule has 1 aromatic carbocycles. The van der Waals surface area contributed by atoms with Crippen LogP contribution >= 0.6 is 0 Å². The van der Waals surface area contributed by atoms with Crippen LogP contribution in [0.15, 0.2) is 17.1 Å². The third-order valence-corrected chi connectivity index (χ3v) is 6.58. The molecule has 3 fully saturated rings. The minimum absolute atomic E-state index is 0.00594. The second-order valence-corrected chi connectivity index (χ2v) is 8.53. The molecule has 0 amide bonds. The Hall–Kier alpha value is -2.49. The Balaban J connectivity index is 1.71. The molecule has 3 heterocycles. The van der Waals surface area contributed by atoms with Crippen LogP contribution in [0, 0.1) is 5.82 Å². The Labute approximate surface area is 171 Å². The summed E-state index contributed by atoms with van der Waals surface area (Å²) in [5.41, 5.74) is 5.55. The van der Waals surface area contributed by atoms with Crippen molar-refractivity contribution in [3.63, 3.8) is 0 Å². The van der Waals surface area contributed by atoms with Crippen LogP contribution in [0.4, 0.5) is 4.39 Å². The molecule has 0 radical (unpaired) electrons. The van der Waals surface area contributed by atoms with Crippen molar-refractivity contribution in [2.45, 2.75) is 49.5 Å². The summed E-state index contributed by atoms with van der Waals surface area (Å²) in [4.78, 5) is 24.4. The van der Waals surface area contributed by atoms with Gasteiger partial charge < -0.3 is 30.2 Å². The number of nitrogens with one attached hydrogen (secondary N) is 1. The molecule has 2 saturated heterocycles. The van der Waals surface area contributed by atoms with Crippen molar-refractivity contribution in [2.75, 3.05) is 20.2 Å². The van der Waals surface area contributed by atoms with Gasteiger partial charge in [0.2, 0.25) is 5.43 Å². The van der Waals surface area contributed by atoms with Gasteiger partial charge in [0, 0.05) is 25.3 Å². The molecule has 1 saturated carbocycles. The van der Waals surface area contributed by atoms with Crippen LogP contribution in [0.1, 0.15) is 53.8 Å². The average molecular weight is 417 g/mol. The number of nitrogens with zero attached hydrogens (tertiary/aromatic N) is 1. The number of pyridine rings is 1. The quantitative estimate of drug-likeness (QED) is 0.693. The number of halogens is 1. The number of nitrogens with two attached hydrogens (primary N) is 1. The SMILES string of the molecule is COc1c(C2CC[C@]3(N)CNC[C@H]3O2)c(F)cc2c(=O)c(C(=O)O)cn(C3CC3)c12. The highest BCUT2D eigenvalue weighted by Gasteiger charge is 2.46. The van der Waals surface area contributed by atoms with Crippen molar-refractivity contribution in [3.8, 4) is 5.75 Å². The van der Waals surface area contributed by atoms with Gasteiger partial charge in [-0.25, -0.2) is 9.18 Å². The number of carbonyl (C=O) groups is 1. The fourth-order valence-electron chi connectivity index (χ4n) is 4.83. The molecular weight excluding hydrogens is 393 g/mol. The first kappa shape index (κ1) is 19.5. The lowest BCUT2D eigenvalue weighted by molar-refractivity contribution is -0.0761. The number of carboxylic acids is 1. The zero-order valence-electron chi connectivity index (χ0n) is 16.6. The van der Waals surface area contributed by atoms with Crippen LogP contribution < -0.4 is 21.2 Å². The van der Waals surface area contributed by atoms with E-state index < -0.39 is 28.9 Å². The van der Waals surface area contributed by atoms with Gasteiger partial charge in [-0.1, -0.05) is 0 Å². The molecule has 1 aromatic heterocycles. The summed E-state index contributed by atoms with van der Waals surface area (Å²) in [5, 5.41) is 12.7. The van der Waals surface area contributed by atoms with Crippen molar-refractivity contribution in [1.82, 2.24) is 9.88 Å². The first-order valence-electron chi connectivity index (χ1n) is 10.2. The van der Waals surface area contributed by atoms with Gasteiger partial charge in [-0.05, 0) is 31.7 Å². The summed E-state index contributed by atoms with van der Waals surface area (Å²) < 4.78 is 28.9. The monoisotopic (exact) mass is 417 g/mol. The third-order valence-electron chi connectivity index (χ3n) is 6.58. The highest BCUT2D eigenvalue weighted by Crippen LogP contribution is 2.46. The summed E-state index contributed by atoms with van der Waals surface area (Å²) in [5.74, 6) is -1.74. The maximum atomic E-state index is 15.3. The first-order valence-corrected chi connectivity index (χ1v) is 10.2. The molecule has 8 nitrogen and oxygen atoms in total. The number of benzene rings is 1. The van der Waals surface area contributed by atoms with Crippen molar-refractivity contribution in [1.29, 1.82) is 0 Å². The predicted molar refractivity (Wildman–Crippen MR) is 107 cm³/mol. The topological polar surface area (TPSA) is 116 Å². The predicted octanol–water partition coefficient (Wildman–Crippen LogP) is 1.70. The van der Waals surface area contributed by atoms with E-state index in [0.717, 1.165) is 18.9 Å². The maximum Gasteiger partial charge on any atom is 0.341 e. The minimum atomic E-state index is -1.33. The lowest BCUT2D eigenvalue weighted by atomic mass is 9.84. The number of hydrogen-bond acceptors (Lipinski definition) is 6. The molecule has 30 heavy (non-hydrogen) atoms. The number of methoxy groups -OCH3 is 1. The number of carboxylic acid groups (broad SMARTS) is 1. The van der Waals surface area contributed by atoms with Gasteiger partial charge in [0.25, 0.3) is 0 Å². The van der Waals surface area contributed by atoms with Crippen LogP contribution in [0.25, 0.3) is 10.9 Å². The standard InChI is InChI=1S/C21H24FN3O5/c1-29-19-16(14-4-5-21(23)9-24-7-15(21)30-14)13(22)6-11-17(19)25(10-2-3-10)8-12(18(11)26)20(27)28/h6,8,10,14-15,24H,2-5,7,9,23H2,1H3,(H,27,28)/t14?,15-,21+/m1/s1. The molecular formula is C21H24FN3O5. The third kappa shape index (κ3) is 2.84. The molecule has 3 aliphatic rings.